The van der Waals surface area contributed by atoms with Gasteiger partial charge in [-0.25, -0.2) is 0 Å². The van der Waals surface area contributed by atoms with E-state index in [1.54, 1.807) is 6.07 Å². The van der Waals surface area contributed by atoms with E-state index in [1.165, 1.54) is 24.8 Å². The monoisotopic (exact) mass is 349 g/mol. The third kappa shape index (κ3) is 3.88. The van der Waals surface area contributed by atoms with Gasteiger partial charge in [0.15, 0.2) is 17.3 Å². The van der Waals surface area contributed by atoms with Gasteiger partial charge in [-0.05, 0) is 43.0 Å². The number of rotatable bonds is 6. The number of hydrogen-bond donors (Lipinski definition) is 0. The first-order chi connectivity index (χ1) is 12.6. The van der Waals surface area contributed by atoms with E-state index in [2.05, 4.69) is 6.92 Å². The predicted molar refractivity (Wildman–Crippen MR) is 99.8 cm³/mol. The Bertz CT molecular complexity index is 834. The molecule has 1 atom stereocenters. The summed E-state index contributed by atoms with van der Waals surface area (Å²) < 4.78 is 11.3. The van der Waals surface area contributed by atoms with Crippen LogP contribution in [0.1, 0.15) is 53.2 Å². The number of nitrogens with zero attached hydrogens (tertiary/aromatic N) is 1. The Morgan fingerprint density at radius 3 is 2.69 bits per heavy atom. The molecule has 0 aliphatic carbocycles. The number of carbonyl (C=O) groups excluding carboxylic acids is 1. The molecule has 26 heavy (non-hydrogen) atoms. The second-order valence-electron chi connectivity index (χ2n) is 6.67. The fourth-order valence-electron chi connectivity index (χ4n) is 3.11. The Balaban J connectivity index is 1.84. The first-order valence-electron chi connectivity index (χ1n) is 9.09. The van der Waals surface area contributed by atoms with Crippen molar-refractivity contribution >= 4 is 5.78 Å². The molecule has 0 amide bonds. The lowest BCUT2D eigenvalue weighted by Crippen LogP contribution is -2.28. The average molecular weight is 349 g/mol. The highest BCUT2D eigenvalue weighted by Gasteiger charge is 2.26. The third-order valence-electron chi connectivity index (χ3n) is 4.52. The molecular formula is C22H23NO3. The zero-order chi connectivity index (χ0) is 18.5. The van der Waals surface area contributed by atoms with Crippen LogP contribution in [-0.2, 0) is 6.42 Å². The largest absolute Gasteiger partial charge is 0.484 e. The van der Waals surface area contributed by atoms with Crippen LogP contribution in [0.15, 0.2) is 36.4 Å². The van der Waals surface area contributed by atoms with Gasteiger partial charge < -0.3 is 9.47 Å². The number of fused-ring (bicyclic) bond motifs is 1. The van der Waals surface area contributed by atoms with Crippen LogP contribution in [0.25, 0.3) is 0 Å². The minimum absolute atomic E-state index is 0.0935. The van der Waals surface area contributed by atoms with Gasteiger partial charge in [-0.2, -0.15) is 5.26 Å². The van der Waals surface area contributed by atoms with Crippen LogP contribution < -0.4 is 9.47 Å². The van der Waals surface area contributed by atoms with Crippen molar-refractivity contribution in [3.05, 3.63) is 58.7 Å². The van der Waals surface area contributed by atoms with E-state index in [1.807, 2.05) is 43.3 Å². The van der Waals surface area contributed by atoms with Crippen molar-refractivity contribution in [2.24, 2.45) is 0 Å². The van der Waals surface area contributed by atoms with Gasteiger partial charge in [0.05, 0.1) is 5.56 Å². The van der Waals surface area contributed by atoms with Gasteiger partial charge >= 0.3 is 0 Å². The molecule has 1 unspecified atom stereocenters. The minimum atomic E-state index is -0.644. The molecule has 2 aromatic carbocycles. The lowest BCUT2D eigenvalue weighted by molar-refractivity contribution is 0.101. The highest BCUT2D eigenvalue weighted by atomic mass is 16.6. The summed E-state index contributed by atoms with van der Waals surface area (Å²) in [5, 5.41) is 9.02. The van der Waals surface area contributed by atoms with Gasteiger partial charge in [-0.1, -0.05) is 44.0 Å². The highest BCUT2D eigenvalue weighted by molar-refractivity contribution is 6.11. The van der Waals surface area contributed by atoms with E-state index in [-0.39, 0.29) is 12.4 Å². The minimum Gasteiger partial charge on any atom is -0.484 e. The van der Waals surface area contributed by atoms with Crippen molar-refractivity contribution < 1.29 is 14.3 Å². The van der Waals surface area contributed by atoms with Crippen LogP contribution in [-0.4, -0.2) is 18.5 Å². The van der Waals surface area contributed by atoms with Crippen molar-refractivity contribution in [2.45, 2.75) is 45.6 Å². The van der Waals surface area contributed by atoms with Gasteiger partial charge in [-0.3, -0.25) is 4.79 Å². The zero-order valence-corrected chi connectivity index (χ0v) is 15.2. The van der Waals surface area contributed by atoms with E-state index < -0.39 is 6.10 Å². The van der Waals surface area contributed by atoms with E-state index in [9.17, 15) is 4.79 Å². The van der Waals surface area contributed by atoms with Crippen molar-refractivity contribution in [2.75, 3.05) is 6.61 Å². The topological polar surface area (TPSA) is 59.3 Å². The summed E-state index contributed by atoms with van der Waals surface area (Å²) in [7, 11) is 0. The van der Waals surface area contributed by atoms with E-state index in [0.29, 0.717) is 22.6 Å². The number of carbonyl (C=O) groups is 1. The van der Waals surface area contributed by atoms with Crippen molar-refractivity contribution in [1.29, 1.82) is 5.26 Å². The molecule has 1 aliphatic rings. The summed E-state index contributed by atoms with van der Waals surface area (Å²) >= 11 is 0. The van der Waals surface area contributed by atoms with Crippen LogP contribution in [0.4, 0.5) is 0 Å². The fraction of sp³-hybridized carbons (Fsp3) is 0.364. The molecule has 0 saturated heterocycles. The maximum Gasteiger partial charge on any atom is 0.218 e. The Kier molecular flexibility index (Phi) is 5.58. The van der Waals surface area contributed by atoms with Crippen molar-refractivity contribution in [3.63, 3.8) is 0 Å². The van der Waals surface area contributed by atoms with Crippen LogP contribution in [0.2, 0.25) is 0 Å². The summed E-state index contributed by atoms with van der Waals surface area (Å²) in [6, 6.07) is 13.4. The first kappa shape index (κ1) is 18.0. The number of unbranched alkanes of at least 4 members (excludes halogenated alkanes) is 2. The molecule has 4 nitrogen and oxygen atoms in total. The van der Waals surface area contributed by atoms with E-state index >= 15 is 0 Å². The number of aryl methyl sites for hydroxylation is 2. The van der Waals surface area contributed by atoms with E-state index in [4.69, 9.17) is 14.7 Å². The summed E-state index contributed by atoms with van der Waals surface area (Å²) in [5.41, 5.74) is 3.25. The maximum atomic E-state index is 13.0. The third-order valence-corrected chi connectivity index (χ3v) is 4.52. The molecule has 134 valence electrons. The molecule has 3 rings (SSSR count). The number of nitriles is 1. The Morgan fingerprint density at radius 2 is 2.00 bits per heavy atom. The first-order valence-corrected chi connectivity index (χ1v) is 9.09. The number of benzene rings is 2. The van der Waals surface area contributed by atoms with Crippen molar-refractivity contribution in [3.8, 4) is 17.6 Å². The standard InChI is InChI=1S/C22H23NO3/c1-3-4-5-6-16-7-9-17(10-8-16)21(24)19-11-15(2)12-20-22(19)25-14-18(13-23)26-20/h7-12,18H,3-6,14H2,1-2H3. The molecule has 0 aromatic heterocycles. The summed E-state index contributed by atoms with van der Waals surface area (Å²) in [6.07, 6.45) is 3.98. The zero-order valence-electron chi connectivity index (χ0n) is 15.2. The van der Waals surface area contributed by atoms with Gasteiger partial charge in [0.1, 0.15) is 12.7 Å². The molecule has 0 radical (unpaired) electrons. The lowest BCUT2D eigenvalue weighted by atomic mass is 9.97. The normalized spacial score (nSPS) is 15.3. The van der Waals surface area contributed by atoms with Crippen LogP contribution in [0.3, 0.4) is 0 Å². The second-order valence-corrected chi connectivity index (χ2v) is 6.67. The quantitative estimate of drug-likeness (QED) is 0.564. The molecule has 0 saturated carbocycles. The van der Waals surface area contributed by atoms with Crippen LogP contribution >= 0.6 is 0 Å². The molecule has 2 aromatic rings. The molecule has 1 aliphatic heterocycles. The molecule has 1 heterocycles. The number of ketones is 1. The number of ether oxygens (including phenoxy) is 2. The van der Waals surface area contributed by atoms with Crippen molar-refractivity contribution in [1.82, 2.24) is 0 Å². The molecule has 0 spiro atoms. The van der Waals surface area contributed by atoms with Crippen LogP contribution in [0.5, 0.6) is 11.5 Å². The number of hydrogen-bond acceptors (Lipinski definition) is 4. The van der Waals surface area contributed by atoms with E-state index in [0.717, 1.165) is 12.0 Å². The van der Waals surface area contributed by atoms with Gasteiger partial charge in [0.25, 0.3) is 0 Å². The van der Waals surface area contributed by atoms with Gasteiger partial charge in [0.2, 0.25) is 6.10 Å². The Labute approximate surface area is 154 Å². The molecule has 0 bridgehead atoms. The predicted octanol–water partition coefficient (Wildman–Crippen LogP) is 4.62. The lowest BCUT2D eigenvalue weighted by Gasteiger charge is -2.24. The molecule has 4 heteroatoms. The van der Waals surface area contributed by atoms with Gasteiger partial charge in [-0.15, -0.1) is 0 Å². The average Bonchev–Trinajstić information content (AvgIpc) is 2.67. The van der Waals surface area contributed by atoms with Gasteiger partial charge in [0, 0.05) is 5.56 Å². The molecular weight excluding hydrogens is 326 g/mol. The second kappa shape index (κ2) is 8.05. The molecule has 0 fully saturated rings. The summed E-state index contributed by atoms with van der Waals surface area (Å²) in [5.74, 6) is 0.797. The Morgan fingerprint density at radius 1 is 1.23 bits per heavy atom. The fourth-order valence-corrected chi connectivity index (χ4v) is 3.11. The Hall–Kier alpha value is -2.80. The molecule has 0 N–H and O–H groups in total. The highest BCUT2D eigenvalue weighted by Crippen LogP contribution is 2.37. The summed E-state index contributed by atoms with van der Waals surface area (Å²) in [4.78, 5) is 13.0. The SMILES string of the molecule is CCCCCc1ccc(C(=O)c2cc(C)cc3c2OCC(C#N)O3)cc1. The maximum absolute atomic E-state index is 13.0. The smallest absolute Gasteiger partial charge is 0.218 e. The van der Waals surface area contributed by atoms with Crippen LogP contribution in [0, 0.1) is 18.3 Å². The summed E-state index contributed by atoms with van der Waals surface area (Å²) in [6.45, 7) is 4.21.